The number of alkyl halides is 3. The van der Waals surface area contributed by atoms with Crippen molar-refractivity contribution >= 4 is 5.69 Å². The first-order valence-corrected chi connectivity index (χ1v) is 6.44. The van der Waals surface area contributed by atoms with Gasteiger partial charge in [-0.3, -0.25) is 0 Å². The van der Waals surface area contributed by atoms with Crippen LogP contribution in [-0.4, -0.2) is 0 Å². The molecule has 0 aliphatic carbocycles. The molecule has 2 aromatic carbocycles. The normalized spacial score (nSPS) is 11.5. The first kappa shape index (κ1) is 15.4. The molecule has 1 N–H and O–H groups in total. The molecule has 0 unspecified atom stereocenters. The van der Waals surface area contributed by atoms with Crippen LogP contribution in [0.1, 0.15) is 22.3 Å². The van der Waals surface area contributed by atoms with Crippen molar-refractivity contribution in [3.8, 4) is 0 Å². The number of hydrogen-bond donors (Lipinski definition) is 1. The zero-order chi connectivity index (χ0) is 15.6. The monoisotopic (exact) mass is 297 g/mol. The molecule has 0 saturated heterocycles. The number of benzene rings is 2. The van der Waals surface area contributed by atoms with E-state index < -0.39 is 17.6 Å². The Hall–Kier alpha value is -2.04. The highest BCUT2D eigenvalue weighted by Crippen LogP contribution is 2.31. The Morgan fingerprint density at radius 3 is 2.29 bits per heavy atom. The highest BCUT2D eigenvalue weighted by atomic mass is 19.4. The van der Waals surface area contributed by atoms with Gasteiger partial charge in [0.2, 0.25) is 0 Å². The standard InChI is InChI=1S/C16H15F4N/c1-10-3-4-12(7-11(10)2)9-21-15-8-13(16(18,19)20)5-6-14(15)17/h3-8,21H,9H2,1-2H3. The minimum absolute atomic E-state index is 0.150. The lowest BCUT2D eigenvalue weighted by atomic mass is 10.1. The van der Waals surface area contributed by atoms with Crippen molar-refractivity contribution in [3.63, 3.8) is 0 Å². The highest BCUT2D eigenvalue weighted by Gasteiger charge is 2.31. The summed E-state index contributed by atoms with van der Waals surface area (Å²) >= 11 is 0. The fraction of sp³-hybridized carbons (Fsp3) is 0.250. The summed E-state index contributed by atoms with van der Waals surface area (Å²) in [6, 6.07) is 8.06. The van der Waals surface area contributed by atoms with Crippen LogP contribution in [-0.2, 0) is 12.7 Å². The van der Waals surface area contributed by atoms with Crippen LogP contribution in [0.2, 0.25) is 0 Å². The molecule has 0 aliphatic rings. The summed E-state index contributed by atoms with van der Waals surface area (Å²) in [6.45, 7) is 4.18. The van der Waals surface area contributed by atoms with Gasteiger partial charge in [-0.2, -0.15) is 13.2 Å². The molecule has 0 amide bonds. The number of halogens is 4. The van der Waals surface area contributed by atoms with Gasteiger partial charge in [-0.05, 0) is 48.7 Å². The summed E-state index contributed by atoms with van der Waals surface area (Å²) in [6.07, 6.45) is -4.48. The van der Waals surface area contributed by atoms with E-state index in [1.807, 2.05) is 32.0 Å². The van der Waals surface area contributed by atoms with E-state index in [1.165, 1.54) is 0 Å². The van der Waals surface area contributed by atoms with Gasteiger partial charge in [0.1, 0.15) is 5.82 Å². The fourth-order valence-corrected chi connectivity index (χ4v) is 1.95. The Morgan fingerprint density at radius 1 is 0.952 bits per heavy atom. The van der Waals surface area contributed by atoms with Crippen molar-refractivity contribution in [1.29, 1.82) is 0 Å². The SMILES string of the molecule is Cc1ccc(CNc2cc(C(F)(F)F)ccc2F)cc1C. The topological polar surface area (TPSA) is 12.0 Å². The van der Waals surface area contributed by atoms with Crippen molar-refractivity contribution < 1.29 is 17.6 Å². The van der Waals surface area contributed by atoms with Gasteiger partial charge in [0.05, 0.1) is 11.3 Å². The lowest BCUT2D eigenvalue weighted by Crippen LogP contribution is -2.08. The number of anilines is 1. The van der Waals surface area contributed by atoms with Gasteiger partial charge in [-0.1, -0.05) is 18.2 Å². The predicted molar refractivity (Wildman–Crippen MR) is 74.6 cm³/mol. The first-order valence-electron chi connectivity index (χ1n) is 6.44. The largest absolute Gasteiger partial charge is 0.416 e. The van der Waals surface area contributed by atoms with Crippen molar-refractivity contribution in [2.75, 3.05) is 5.32 Å². The highest BCUT2D eigenvalue weighted by molar-refractivity contribution is 5.48. The van der Waals surface area contributed by atoms with Crippen LogP contribution in [0.5, 0.6) is 0 Å². The lowest BCUT2D eigenvalue weighted by molar-refractivity contribution is -0.137. The number of hydrogen-bond acceptors (Lipinski definition) is 1. The van der Waals surface area contributed by atoms with Gasteiger partial charge in [0, 0.05) is 6.54 Å². The van der Waals surface area contributed by atoms with E-state index in [2.05, 4.69) is 5.32 Å². The van der Waals surface area contributed by atoms with E-state index in [9.17, 15) is 17.6 Å². The summed E-state index contributed by atoms with van der Waals surface area (Å²) in [7, 11) is 0. The Balaban J connectivity index is 2.17. The minimum Gasteiger partial charge on any atom is -0.379 e. The Labute approximate surface area is 120 Å². The third-order valence-corrected chi connectivity index (χ3v) is 3.35. The molecule has 2 rings (SSSR count). The third-order valence-electron chi connectivity index (χ3n) is 3.35. The smallest absolute Gasteiger partial charge is 0.379 e. The van der Waals surface area contributed by atoms with Crippen molar-refractivity contribution in [1.82, 2.24) is 0 Å². The third kappa shape index (κ3) is 3.74. The van der Waals surface area contributed by atoms with E-state index in [4.69, 9.17) is 0 Å². The maximum Gasteiger partial charge on any atom is 0.416 e. The van der Waals surface area contributed by atoms with Crippen LogP contribution >= 0.6 is 0 Å². The van der Waals surface area contributed by atoms with Crippen molar-refractivity contribution in [2.24, 2.45) is 0 Å². The summed E-state index contributed by atoms with van der Waals surface area (Å²) in [5.74, 6) is -0.702. The molecule has 0 atom stereocenters. The van der Waals surface area contributed by atoms with Crippen LogP contribution in [0.3, 0.4) is 0 Å². The average Bonchev–Trinajstić information content (AvgIpc) is 2.40. The molecule has 0 heterocycles. The maximum atomic E-state index is 13.6. The van der Waals surface area contributed by atoms with Crippen LogP contribution < -0.4 is 5.32 Å². The van der Waals surface area contributed by atoms with E-state index >= 15 is 0 Å². The van der Waals surface area contributed by atoms with Gasteiger partial charge in [0.25, 0.3) is 0 Å². The van der Waals surface area contributed by atoms with Crippen molar-refractivity contribution in [3.05, 3.63) is 64.5 Å². The molecule has 0 bridgehead atoms. The van der Waals surface area contributed by atoms with Gasteiger partial charge < -0.3 is 5.32 Å². The van der Waals surface area contributed by atoms with E-state index in [0.29, 0.717) is 0 Å². The summed E-state index contributed by atoms with van der Waals surface area (Å²) < 4.78 is 51.4. The Bertz CT molecular complexity index is 647. The lowest BCUT2D eigenvalue weighted by Gasteiger charge is -2.12. The second-order valence-corrected chi connectivity index (χ2v) is 4.96. The fourth-order valence-electron chi connectivity index (χ4n) is 1.95. The Morgan fingerprint density at radius 2 is 1.67 bits per heavy atom. The summed E-state index contributed by atoms with van der Waals surface area (Å²) in [4.78, 5) is 0. The van der Waals surface area contributed by atoms with Gasteiger partial charge >= 0.3 is 6.18 Å². The van der Waals surface area contributed by atoms with Crippen LogP contribution in [0.15, 0.2) is 36.4 Å². The number of aryl methyl sites for hydroxylation is 2. The molecule has 0 aliphatic heterocycles. The summed E-state index contributed by atoms with van der Waals surface area (Å²) in [5, 5.41) is 2.71. The van der Waals surface area contributed by atoms with Gasteiger partial charge in [-0.15, -0.1) is 0 Å². The molecule has 0 aromatic heterocycles. The molecule has 0 spiro atoms. The predicted octanol–water partition coefficient (Wildman–Crippen LogP) is 5.07. The minimum atomic E-state index is -4.48. The second-order valence-electron chi connectivity index (χ2n) is 4.96. The quantitative estimate of drug-likeness (QED) is 0.780. The molecule has 0 radical (unpaired) electrons. The van der Waals surface area contributed by atoms with Gasteiger partial charge in [0.15, 0.2) is 0 Å². The maximum absolute atomic E-state index is 13.6. The van der Waals surface area contributed by atoms with E-state index in [1.54, 1.807) is 0 Å². The van der Waals surface area contributed by atoms with Gasteiger partial charge in [-0.25, -0.2) is 4.39 Å². The van der Waals surface area contributed by atoms with Crippen LogP contribution in [0, 0.1) is 19.7 Å². The molecule has 1 nitrogen and oxygen atoms in total. The molecule has 21 heavy (non-hydrogen) atoms. The zero-order valence-electron chi connectivity index (χ0n) is 11.7. The molecular weight excluding hydrogens is 282 g/mol. The first-order chi connectivity index (χ1) is 9.77. The van der Waals surface area contributed by atoms with Crippen molar-refractivity contribution in [2.45, 2.75) is 26.6 Å². The average molecular weight is 297 g/mol. The van der Waals surface area contributed by atoms with Crippen LogP contribution in [0.25, 0.3) is 0 Å². The molecule has 0 fully saturated rings. The molecule has 2 aromatic rings. The number of rotatable bonds is 3. The molecule has 0 saturated carbocycles. The van der Waals surface area contributed by atoms with Crippen LogP contribution in [0.4, 0.5) is 23.2 Å². The zero-order valence-corrected chi connectivity index (χ0v) is 11.7. The molecular formula is C16H15F4N. The second kappa shape index (κ2) is 5.76. The molecule has 5 heteroatoms. The summed E-state index contributed by atoms with van der Waals surface area (Å²) in [5.41, 5.74) is 2.08. The van der Waals surface area contributed by atoms with E-state index in [-0.39, 0.29) is 12.2 Å². The Kier molecular flexibility index (Phi) is 4.21. The molecule has 112 valence electrons. The van der Waals surface area contributed by atoms with E-state index in [0.717, 1.165) is 34.9 Å². The number of nitrogens with one attached hydrogen (secondary N) is 1.